The van der Waals surface area contributed by atoms with Crippen molar-refractivity contribution in [3.05, 3.63) is 65.7 Å². The monoisotopic (exact) mass is 366 g/mol. The first-order chi connectivity index (χ1) is 13.2. The van der Waals surface area contributed by atoms with E-state index in [-0.39, 0.29) is 6.03 Å². The molecule has 1 aliphatic rings. The zero-order valence-electron chi connectivity index (χ0n) is 16.2. The maximum atomic E-state index is 12.2. The first kappa shape index (κ1) is 19.2. The summed E-state index contributed by atoms with van der Waals surface area (Å²) in [6, 6.07) is 18.8. The smallest absolute Gasteiger partial charge is 0.317 e. The fourth-order valence-corrected chi connectivity index (χ4v) is 3.41. The average molecular weight is 367 g/mol. The summed E-state index contributed by atoms with van der Waals surface area (Å²) in [6.07, 6.45) is 2.01. The molecular weight excluding hydrogens is 336 g/mol. The number of nitrogens with one attached hydrogen (secondary N) is 2. The van der Waals surface area contributed by atoms with E-state index < -0.39 is 0 Å². The molecule has 0 atom stereocenters. The molecule has 0 bridgehead atoms. The standard InChI is InChI=1S/C22H30N4O/c1-25(15-7-13-23-21-10-3-2-4-11-21)22(27)24-14-17-26-16-12-19-8-5-6-9-20(19)18-26/h2-6,8-11,23H,7,12-18H2,1H3,(H,24,27). The fraction of sp³-hybridized carbons (Fsp3) is 0.409. The van der Waals surface area contributed by atoms with Crippen LogP contribution in [0, 0.1) is 0 Å². The molecule has 2 aromatic rings. The molecule has 3 rings (SSSR count). The van der Waals surface area contributed by atoms with E-state index in [1.54, 1.807) is 4.90 Å². The molecule has 1 heterocycles. The van der Waals surface area contributed by atoms with Gasteiger partial charge in [-0.05, 0) is 36.1 Å². The van der Waals surface area contributed by atoms with Crippen LogP contribution in [0.2, 0.25) is 0 Å². The Hall–Kier alpha value is -2.53. The number of hydrogen-bond donors (Lipinski definition) is 2. The Morgan fingerprint density at radius 3 is 2.59 bits per heavy atom. The van der Waals surface area contributed by atoms with Gasteiger partial charge in [-0.1, -0.05) is 42.5 Å². The van der Waals surface area contributed by atoms with Crippen molar-refractivity contribution < 1.29 is 4.79 Å². The predicted molar refractivity (Wildman–Crippen MR) is 111 cm³/mol. The van der Waals surface area contributed by atoms with Crippen LogP contribution in [0.15, 0.2) is 54.6 Å². The minimum atomic E-state index is 0.00659. The molecule has 0 aliphatic carbocycles. The second-order valence-electron chi connectivity index (χ2n) is 7.09. The van der Waals surface area contributed by atoms with E-state index in [9.17, 15) is 4.79 Å². The number of fused-ring (bicyclic) bond motifs is 1. The number of nitrogens with zero attached hydrogens (tertiary/aromatic N) is 2. The van der Waals surface area contributed by atoms with Gasteiger partial charge in [0.25, 0.3) is 0 Å². The van der Waals surface area contributed by atoms with Gasteiger partial charge in [0.1, 0.15) is 0 Å². The first-order valence-electron chi connectivity index (χ1n) is 9.79. The second kappa shape index (κ2) is 9.97. The van der Waals surface area contributed by atoms with Crippen molar-refractivity contribution in [2.45, 2.75) is 19.4 Å². The summed E-state index contributed by atoms with van der Waals surface area (Å²) in [4.78, 5) is 16.4. The van der Waals surface area contributed by atoms with Gasteiger partial charge in [-0.25, -0.2) is 4.79 Å². The number of para-hydroxylation sites is 1. The molecule has 0 saturated carbocycles. The van der Waals surface area contributed by atoms with Gasteiger partial charge in [0, 0.05) is 52.0 Å². The van der Waals surface area contributed by atoms with Crippen molar-refractivity contribution in [2.24, 2.45) is 0 Å². The normalized spacial score (nSPS) is 13.7. The van der Waals surface area contributed by atoms with Gasteiger partial charge >= 0.3 is 6.03 Å². The van der Waals surface area contributed by atoms with Crippen LogP contribution in [0.1, 0.15) is 17.5 Å². The largest absolute Gasteiger partial charge is 0.385 e. The molecule has 0 unspecified atom stereocenters. The summed E-state index contributed by atoms with van der Waals surface area (Å²) >= 11 is 0. The lowest BCUT2D eigenvalue weighted by Crippen LogP contribution is -2.42. The summed E-state index contributed by atoms with van der Waals surface area (Å²) in [7, 11) is 1.86. The Balaban J connectivity index is 1.29. The lowest BCUT2D eigenvalue weighted by Gasteiger charge is -2.29. The number of carbonyl (C=O) groups excluding carboxylic acids is 1. The van der Waals surface area contributed by atoms with Crippen molar-refractivity contribution in [1.29, 1.82) is 0 Å². The van der Waals surface area contributed by atoms with E-state index in [4.69, 9.17) is 0 Å². The maximum Gasteiger partial charge on any atom is 0.317 e. The molecule has 2 amide bonds. The number of urea groups is 1. The quantitative estimate of drug-likeness (QED) is 0.706. The molecule has 144 valence electrons. The predicted octanol–water partition coefficient (Wildman–Crippen LogP) is 3.19. The molecule has 2 N–H and O–H groups in total. The molecule has 5 heteroatoms. The number of hydrogen-bond acceptors (Lipinski definition) is 3. The summed E-state index contributed by atoms with van der Waals surface area (Å²) in [5.41, 5.74) is 3.99. The van der Waals surface area contributed by atoms with Crippen molar-refractivity contribution >= 4 is 11.7 Å². The second-order valence-corrected chi connectivity index (χ2v) is 7.09. The molecular formula is C22H30N4O. The van der Waals surface area contributed by atoms with Gasteiger partial charge in [-0.2, -0.15) is 0 Å². The zero-order valence-corrected chi connectivity index (χ0v) is 16.2. The Kier molecular flexibility index (Phi) is 7.11. The van der Waals surface area contributed by atoms with Gasteiger partial charge in [0.15, 0.2) is 0 Å². The summed E-state index contributed by atoms with van der Waals surface area (Å²) < 4.78 is 0. The van der Waals surface area contributed by atoms with E-state index >= 15 is 0 Å². The van der Waals surface area contributed by atoms with Crippen LogP contribution >= 0.6 is 0 Å². The van der Waals surface area contributed by atoms with Crippen LogP contribution in [0.4, 0.5) is 10.5 Å². The van der Waals surface area contributed by atoms with E-state index in [1.807, 2.05) is 25.2 Å². The van der Waals surface area contributed by atoms with E-state index in [1.165, 1.54) is 11.1 Å². The molecule has 27 heavy (non-hydrogen) atoms. The molecule has 5 nitrogen and oxygen atoms in total. The highest BCUT2D eigenvalue weighted by molar-refractivity contribution is 5.73. The lowest BCUT2D eigenvalue weighted by molar-refractivity contribution is 0.203. The highest BCUT2D eigenvalue weighted by atomic mass is 16.2. The Bertz CT molecular complexity index is 719. The first-order valence-corrected chi connectivity index (χ1v) is 9.79. The van der Waals surface area contributed by atoms with Crippen LogP contribution < -0.4 is 10.6 Å². The van der Waals surface area contributed by atoms with Crippen LogP contribution in [0.25, 0.3) is 0 Å². The van der Waals surface area contributed by atoms with Gasteiger partial charge in [-0.15, -0.1) is 0 Å². The zero-order chi connectivity index (χ0) is 18.9. The highest BCUT2D eigenvalue weighted by Crippen LogP contribution is 2.17. The SMILES string of the molecule is CN(CCCNc1ccccc1)C(=O)NCCN1CCc2ccccc2C1. The number of rotatable bonds is 8. The minimum Gasteiger partial charge on any atom is -0.385 e. The molecule has 0 radical (unpaired) electrons. The van der Waals surface area contributed by atoms with Gasteiger partial charge in [0.05, 0.1) is 0 Å². The van der Waals surface area contributed by atoms with E-state index in [0.717, 1.165) is 51.3 Å². The van der Waals surface area contributed by atoms with Crippen molar-refractivity contribution in [2.75, 3.05) is 45.1 Å². The number of carbonyl (C=O) groups is 1. The molecule has 0 fully saturated rings. The molecule has 0 aromatic heterocycles. The van der Waals surface area contributed by atoms with E-state index in [0.29, 0.717) is 6.54 Å². The van der Waals surface area contributed by atoms with Crippen LogP contribution in [0.3, 0.4) is 0 Å². The lowest BCUT2D eigenvalue weighted by atomic mass is 10.00. The maximum absolute atomic E-state index is 12.2. The summed E-state index contributed by atoms with van der Waals surface area (Å²) in [6.45, 7) is 5.22. The van der Waals surface area contributed by atoms with Gasteiger partial charge in [-0.3, -0.25) is 4.90 Å². The molecule has 1 aliphatic heterocycles. The number of benzene rings is 2. The fourth-order valence-electron chi connectivity index (χ4n) is 3.41. The van der Waals surface area contributed by atoms with Crippen LogP contribution in [-0.4, -0.2) is 55.6 Å². The summed E-state index contributed by atoms with van der Waals surface area (Å²) in [5, 5.41) is 6.41. The molecule has 0 spiro atoms. The molecule has 2 aromatic carbocycles. The van der Waals surface area contributed by atoms with Crippen molar-refractivity contribution in [3.8, 4) is 0 Å². The topological polar surface area (TPSA) is 47.6 Å². The number of amides is 2. The van der Waals surface area contributed by atoms with Gasteiger partial charge < -0.3 is 15.5 Å². The highest BCUT2D eigenvalue weighted by Gasteiger charge is 2.15. The minimum absolute atomic E-state index is 0.00659. The molecule has 0 saturated heterocycles. The Morgan fingerprint density at radius 1 is 1.04 bits per heavy atom. The Morgan fingerprint density at radius 2 is 1.78 bits per heavy atom. The Labute approximate surface area is 162 Å². The number of anilines is 1. The third kappa shape index (κ3) is 6.00. The van der Waals surface area contributed by atoms with Crippen LogP contribution in [0.5, 0.6) is 0 Å². The van der Waals surface area contributed by atoms with Crippen molar-refractivity contribution in [1.82, 2.24) is 15.1 Å². The summed E-state index contributed by atoms with van der Waals surface area (Å²) in [5.74, 6) is 0. The van der Waals surface area contributed by atoms with Crippen LogP contribution in [-0.2, 0) is 13.0 Å². The third-order valence-electron chi connectivity index (χ3n) is 5.03. The average Bonchev–Trinajstić information content (AvgIpc) is 2.71. The van der Waals surface area contributed by atoms with Crippen molar-refractivity contribution in [3.63, 3.8) is 0 Å². The third-order valence-corrected chi connectivity index (χ3v) is 5.03. The van der Waals surface area contributed by atoms with Gasteiger partial charge in [0.2, 0.25) is 0 Å². The van der Waals surface area contributed by atoms with E-state index in [2.05, 4.69) is 51.9 Å².